The van der Waals surface area contributed by atoms with Crippen molar-refractivity contribution in [1.82, 2.24) is 9.88 Å². The van der Waals surface area contributed by atoms with Crippen LogP contribution in [-0.4, -0.2) is 58.5 Å². The zero-order valence-corrected chi connectivity index (χ0v) is 27.4. The normalized spacial score (nSPS) is 12.9. The summed E-state index contributed by atoms with van der Waals surface area (Å²) >= 11 is 6.14. The van der Waals surface area contributed by atoms with E-state index in [1.807, 2.05) is 0 Å². The minimum atomic E-state index is -1.58. The molecule has 3 rings (SSSR count). The smallest absolute Gasteiger partial charge is 0.408 e. The Balaban J connectivity index is 1.75. The first-order valence-electron chi connectivity index (χ1n) is 14.4. The third-order valence-corrected chi connectivity index (χ3v) is 7.01. The number of halogens is 1. The Kier molecular flexibility index (Phi) is 11.8. The molecule has 47 heavy (non-hydrogen) atoms. The number of nitriles is 1. The van der Waals surface area contributed by atoms with E-state index in [-0.39, 0.29) is 23.3 Å². The molecule has 0 saturated heterocycles. The lowest BCUT2D eigenvalue weighted by molar-refractivity contribution is -0.142. The molecule has 3 N–H and O–H groups in total. The summed E-state index contributed by atoms with van der Waals surface area (Å²) in [6.07, 6.45) is -0.608. The molecule has 0 aliphatic rings. The quantitative estimate of drug-likeness (QED) is 0.231. The second kappa shape index (κ2) is 15.3. The topological polar surface area (TPSA) is 186 Å². The summed E-state index contributed by atoms with van der Waals surface area (Å²) < 4.78 is 17.1. The molecule has 0 aliphatic heterocycles. The third-order valence-electron chi connectivity index (χ3n) is 6.77. The molecule has 2 amide bonds. The molecule has 3 aromatic rings. The number of nitrogens with zero attached hydrogens (tertiary/aromatic N) is 2. The molecule has 3 unspecified atom stereocenters. The van der Waals surface area contributed by atoms with Gasteiger partial charge in [-0.1, -0.05) is 18.5 Å². The van der Waals surface area contributed by atoms with Gasteiger partial charge in [0.1, 0.15) is 23.5 Å². The van der Waals surface area contributed by atoms with E-state index in [1.165, 1.54) is 61.2 Å². The minimum Gasteiger partial charge on any atom is -0.495 e. The van der Waals surface area contributed by atoms with E-state index >= 15 is 0 Å². The lowest BCUT2D eigenvalue weighted by Crippen LogP contribution is -2.50. The maximum atomic E-state index is 13.3. The van der Waals surface area contributed by atoms with Crippen molar-refractivity contribution < 1.29 is 38.5 Å². The van der Waals surface area contributed by atoms with Crippen molar-refractivity contribution in [1.29, 1.82) is 5.26 Å². The molecule has 2 aromatic carbocycles. The highest BCUT2D eigenvalue weighted by Gasteiger charge is 2.32. The summed E-state index contributed by atoms with van der Waals surface area (Å²) in [7, 11) is 1.40. The SMILES string of the molecule is CCC(C(=O)Nc1ccc(C(=O)OC(C)C(NC(=O)OC(C)(C)C)C(=O)O)cc1)n1cc(OC)c(-c2cc(Cl)ccc2C#N)cc1=O. The first-order chi connectivity index (χ1) is 22.1. The molecular weight excluding hydrogens is 632 g/mol. The molecule has 0 saturated carbocycles. The van der Waals surface area contributed by atoms with Crippen LogP contribution < -0.4 is 20.9 Å². The zero-order chi connectivity index (χ0) is 35.1. The average molecular weight is 667 g/mol. The number of carbonyl (C=O) groups excluding carboxylic acids is 3. The number of aliphatic carboxylic acids is 1. The number of esters is 1. The highest BCUT2D eigenvalue weighted by molar-refractivity contribution is 6.31. The number of benzene rings is 2. The standard InChI is InChI=1S/C33H35ClN4O9/c1-7-25(38-17-26(45-6)24(15-27(38)39)23-14-21(34)11-8-20(23)16-35)29(40)36-22-12-9-19(10-13-22)31(43)46-18(2)28(30(41)42)37-32(44)47-33(3,4)5/h8-15,17-18,25,28H,7H2,1-6H3,(H,36,40)(H,37,44)(H,41,42). The van der Waals surface area contributed by atoms with Crippen molar-refractivity contribution in [3.05, 3.63) is 81.2 Å². The molecule has 14 heteroatoms. The fourth-order valence-electron chi connectivity index (χ4n) is 4.53. The molecule has 1 aromatic heterocycles. The molecule has 248 valence electrons. The van der Waals surface area contributed by atoms with Gasteiger partial charge in [0.25, 0.3) is 5.56 Å². The number of aromatic nitrogens is 1. The van der Waals surface area contributed by atoms with Gasteiger partial charge in [-0.15, -0.1) is 0 Å². The highest BCUT2D eigenvalue weighted by atomic mass is 35.5. The van der Waals surface area contributed by atoms with Crippen LogP contribution in [0.25, 0.3) is 11.1 Å². The van der Waals surface area contributed by atoms with E-state index < -0.39 is 53.3 Å². The Morgan fingerprint density at radius 3 is 2.28 bits per heavy atom. The number of amides is 2. The maximum absolute atomic E-state index is 13.3. The van der Waals surface area contributed by atoms with Gasteiger partial charge < -0.3 is 30.0 Å². The van der Waals surface area contributed by atoms with Crippen LogP contribution >= 0.6 is 11.6 Å². The third kappa shape index (κ3) is 9.34. The number of carboxylic acids is 1. The summed E-state index contributed by atoms with van der Waals surface area (Å²) in [5, 5.41) is 24.4. The lowest BCUT2D eigenvalue weighted by Gasteiger charge is -2.25. The Labute approximate surface area is 276 Å². The van der Waals surface area contributed by atoms with E-state index in [2.05, 4.69) is 16.7 Å². The van der Waals surface area contributed by atoms with Crippen molar-refractivity contribution in [2.45, 2.75) is 64.8 Å². The van der Waals surface area contributed by atoms with Crippen molar-refractivity contribution in [3.8, 4) is 22.9 Å². The molecule has 1 heterocycles. The van der Waals surface area contributed by atoms with Gasteiger partial charge in [0.2, 0.25) is 5.91 Å². The van der Waals surface area contributed by atoms with Gasteiger partial charge in [0.05, 0.1) is 30.5 Å². The number of alkyl carbamates (subject to hydrolysis) is 1. The summed E-state index contributed by atoms with van der Waals surface area (Å²) in [4.78, 5) is 63.1. The largest absolute Gasteiger partial charge is 0.495 e. The number of carbonyl (C=O) groups is 4. The van der Waals surface area contributed by atoms with Gasteiger partial charge >= 0.3 is 18.0 Å². The number of methoxy groups -OCH3 is 1. The van der Waals surface area contributed by atoms with Crippen molar-refractivity contribution in [2.75, 3.05) is 12.4 Å². The molecule has 0 radical (unpaired) electrons. The van der Waals surface area contributed by atoms with E-state index in [0.717, 1.165) is 0 Å². The number of hydrogen-bond acceptors (Lipinski definition) is 9. The minimum absolute atomic E-state index is 0.0533. The molecule has 0 aliphatic carbocycles. The Hall–Kier alpha value is -5.35. The maximum Gasteiger partial charge on any atom is 0.408 e. The van der Waals surface area contributed by atoms with Gasteiger partial charge in [-0.25, -0.2) is 14.4 Å². The van der Waals surface area contributed by atoms with E-state index in [9.17, 15) is 34.3 Å². The fourth-order valence-corrected chi connectivity index (χ4v) is 4.70. The van der Waals surface area contributed by atoms with Crippen LogP contribution in [0.3, 0.4) is 0 Å². The first-order valence-corrected chi connectivity index (χ1v) is 14.8. The van der Waals surface area contributed by atoms with Crippen LogP contribution in [0.5, 0.6) is 5.75 Å². The van der Waals surface area contributed by atoms with E-state index in [4.69, 9.17) is 25.8 Å². The summed E-state index contributed by atoms with van der Waals surface area (Å²) in [5.74, 6) is -2.57. The molecule has 0 bridgehead atoms. The Bertz CT molecular complexity index is 1760. The summed E-state index contributed by atoms with van der Waals surface area (Å²) in [6, 6.07) is 11.1. The number of pyridine rings is 1. The summed E-state index contributed by atoms with van der Waals surface area (Å²) in [6.45, 7) is 7.89. The number of carboxylic acid groups (broad SMARTS) is 1. The van der Waals surface area contributed by atoms with Gasteiger partial charge in [0, 0.05) is 27.9 Å². The number of hydrogen-bond donors (Lipinski definition) is 3. The molecular formula is C33H35ClN4O9. The summed E-state index contributed by atoms with van der Waals surface area (Å²) in [5.41, 5.74) is 0.0184. The number of rotatable bonds is 11. The number of ether oxygens (including phenoxy) is 3. The van der Waals surface area contributed by atoms with E-state index in [0.29, 0.717) is 21.8 Å². The van der Waals surface area contributed by atoms with Crippen LogP contribution in [0, 0.1) is 11.3 Å². The highest BCUT2D eigenvalue weighted by Crippen LogP contribution is 2.33. The number of anilines is 1. The van der Waals surface area contributed by atoms with Crippen molar-refractivity contribution >= 4 is 41.2 Å². The number of nitrogens with one attached hydrogen (secondary N) is 2. The predicted molar refractivity (Wildman–Crippen MR) is 172 cm³/mol. The van der Waals surface area contributed by atoms with Crippen molar-refractivity contribution in [3.63, 3.8) is 0 Å². The molecule has 0 fully saturated rings. The Morgan fingerprint density at radius 1 is 1.06 bits per heavy atom. The Morgan fingerprint density at radius 2 is 1.72 bits per heavy atom. The lowest BCUT2D eigenvalue weighted by atomic mass is 10.00. The first kappa shape index (κ1) is 36.1. The average Bonchev–Trinajstić information content (AvgIpc) is 3.00. The van der Waals surface area contributed by atoms with Gasteiger partial charge in [0.15, 0.2) is 6.04 Å². The second-order valence-electron chi connectivity index (χ2n) is 11.4. The van der Waals surface area contributed by atoms with Gasteiger partial charge in [-0.2, -0.15) is 5.26 Å². The monoisotopic (exact) mass is 666 g/mol. The van der Waals surface area contributed by atoms with Crippen LogP contribution in [0.2, 0.25) is 5.02 Å². The second-order valence-corrected chi connectivity index (χ2v) is 11.8. The fraction of sp³-hybridized carbons (Fsp3) is 0.333. The predicted octanol–water partition coefficient (Wildman–Crippen LogP) is 5.16. The van der Waals surface area contributed by atoms with Crippen LogP contribution in [0.4, 0.5) is 10.5 Å². The molecule has 3 atom stereocenters. The molecule has 0 spiro atoms. The van der Waals surface area contributed by atoms with Crippen LogP contribution in [-0.2, 0) is 19.1 Å². The van der Waals surface area contributed by atoms with Gasteiger partial charge in [-0.3, -0.25) is 14.2 Å². The van der Waals surface area contributed by atoms with Crippen LogP contribution in [0.1, 0.15) is 63.0 Å². The van der Waals surface area contributed by atoms with Crippen molar-refractivity contribution in [2.24, 2.45) is 0 Å². The van der Waals surface area contributed by atoms with E-state index in [1.54, 1.807) is 39.8 Å². The zero-order valence-electron chi connectivity index (χ0n) is 26.6. The molecule has 13 nitrogen and oxygen atoms in total. The van der Waals surface area contributed by atoms with Crippen LogP contribution in [0.15, 0.2) is 59.5 Å². The van der Waals surface area contributed by atoms with Gasteiger partial charge in [-0.05, 0) is 76.6 Å².